The predicted molar refractivity (Wildman–Crippen MR) is 239 cm³/mol. The van der Waals surface area contributed by atoms with Crippen LogP contribution in [-0.2, 0) is 4.74 Å². The first-order valence-electron chi connectivity index (χ1n) is 25.4. The lowest BCUT2D eigenvalue weighted by Gasteiger charge is -2.25. The van der Waals surface area contributed by atoms with Crippen molar-refractivity contribution >= 4 is 0 Å². The Bertz CT molecular complexity index is 730. The van der Waals surface area contributed by atoms with E-state index in [2.05, 4.69) is 26.4 Å². The van der Waals surface area contributed by atoms with Crippen LogP contribution in [0.15, 0.2) is 23.7 Å². The number of hydrogen-bond acceptors (Lipinski definition) is 1. The molecule has 0 aliphatic heterocycles. The second-order valence-corrected chi connectivity index (χ2v) is 18.3. The number of hydrogen-bond donors (Lipinski definition) is 0. The number of allylic oxidation sites excluding steroid dienone is 2. The molecule has 0 unspecified atom stereocenters. The van der Waals surface area contributed by atoms with Gasteiger partial charge >= 0.3 is 0 Å². The molecule has 1 heteroatoms. The molecule has 0 heterocycles. The van der Waals surface area contributed by atoms with Crippen LogP contribution in [0, 0.1) is 11.8 Å². The van der Waals surface area contributed by atoms with Crippen LogP contribution >= 0.6 is 0 Å². The van der Waals surface area contributed by atoms with Gasteiger partial charge in [0.05, 0.1) is 12.5 Å². The van der Waals surface area contributed by atoms with Gasteiger partial charge in [0, 0.05) is 0 Å². The summed E-state index contributed by atoms with van der Waals surface area (Å²) in [6, 6.07) is 0. The van der Waals surface area contributed by atoms with E-state index in [1.165, 1.54) is 283 Å². The van der Waals surface area contributed by atoms with Crippen LogP contribution in [0.1, 0.15) is 296 Å². The van der Waals surface area contributed by atoms with Crippen LogP contribution in [0.5, 0.6) is 0 Å². The van der Waals surface area contributed by atoms with Gasteiger partial charge in [0.15, 0.2) is 0 Å². The van der Waals surface area contributed by atoms with Gasteiger partial charge in [-0.05, 0) is 74.3 Å². The van der Waals surface area contributed by atoms with Gasteiger partial charge in [-0.1, -0.05) is 245 Å². The van der Waals surface area contributed by atoms with E-state index in [9.17, 15) is 0 Å². The van der Waals surface area contributed by atoms with Crippen molar-refractivity contribution in [2.45, 2.75) is 296 Å². The molecule has 0 N–H and O–H groups in total. The number of rotatable bonds is 38. The van der Waals surface area contributed by atoms with Crippen molar-refractivity contribution in [2.24, 2.45) is 11.8 Å². The van der Waals surface area contributed by atoms with E-state index in [1.807, 2.05) is 0 Å². The van der Waals surface area contributed by atoms with E-state index in [1.54, 1.807) is 11.1 Å². The molecule has 2 aliphatic rings. The highest BCUT2D eigenvalue weighted by molar-refractivity contribution is 5.09. The Labute approximate surface area is 335 Å². The van der Waals surface area contributed by atoms with Crippen molar-refractivity contribution in [1.82, 2.24) is 0 Å². The lowest BCUT2D eigenvalue weighted by atomic mass is 9.82. The van der Waals surface area contributed by atoms with Crippen molar-refractivity contribution < 1.29 is 4.74 Å². The van der Waals surface area contributed by atoms with Gasteiger partial charge in [0.25, 0.3) is 0 Å². The molecule has 2 fully saturated rings. The quantitative estimate of drug-likeness (QED) is 0.0453. The Balaban J connectivity index is 1.60. The predicted octanol–water partition coefficient (Wildman–Crippen LogP) is 19.2. The first kappa shape index (κ1) is 48.4. The lowest BCUT2D eigenvalue weighted by Crippen LogP contribution is -2.11. The Hall–Kier alpha value is -0.720. The third kappa shape index (κ3) is 29.2. The summed E-state index contributed by atoms with van der Waals surface area (Å²) >= 11 is 0. The van der Waals surface area contributed by atoms with Crippen molar-refractivity contribution in [3.8, 4) is 0 Å². The first-order valence-corrected chi connectivity index (χ1v) is 25.4. The summed E-state index contributed by atoms with van der Waals surface area (Å²) in [6.07, 6.45) is 67.5. The Kier molecular flexibility index (Phi) is 34.9. The van der Waals surface area contributed by atoms with E-state index in [0.717, 1.165) is 11.8 Å². The molecule has 0 saturated heterocycles. The normalized spacial score (nSPS) is 16.5. The summed E-state index contributed by atoms with van der Waals surface area (Å²) in [5, 5.41) is 0. The molecule has 53 heavy (non-hydrogen) atoms. The summed E-state index contributed by atoms with van der Waals surface area (Å²) in [6.45, 7) is 4.63. The van der Waals surface area contributed by atoms with E-state index in [4.69, 9.17) is 4.74 Å². The molecule has 0 radical (unpaired) electrons. The van der Waals surface area contributed by atoms with Crippen LogP contribution in [0.25, 0.3) is 0 Å². The number of ether oxygens (including phenoxy) is 1. The monoisotopic (exact) mass is 739 g/mol. The minimum absolute atomic E-state index is 0.784. The minimum atomic E-state index is 0.784. The molecule has 2 aliphatic carbocycles. The topological polar surface area (TPSA) is 9.23 Å². The largest absolute Gasteiger partial charge is 0.473 e. The van der Waals surface area contributed by atoms with Crippen LogP contribution in [0.3, 0.4) is 0 Å². The van der Waals surface area contributed by atoms with Gasteiger partial charge in [-0.3, -0.25) is 0 Å². The maximum absolute atomic E-state index is 6.50. The fourth-order valence-electron chi connectivity index (χ4n) is 9.63. The van der Waals surface area contributed by atoms with Crippen molar-refractivity contribution in [3.05, 3.63) is 23.7 Å². The molecule has 2 saturated carbocycles. The van der Waals surface area contributed by atoms with Gasteiger partial charge in [-0.15, -0.1) is 0 Å². The molecule has 0 atom stereocenters. The fraction of sp³-hybridized carbons (Fsp3) is 0.923. The van der Waals surface area contributed by atoms with E-state index in [-0.39, 0.29) is 0 Å². The van der Waals surface area contributed by atoms with Gasteiger partial charge in [-0.2, -0.15) is 0 Å². The van der Waals surface area contributed by atoms with Gasteiger partial charge < -0.3 is 4.74 Å². The molecule has 0 aromatic rings. The maximum Gasteiger partial charge on any atom is 0.0896 e. The summed E-state index contributed by atoms with van der Waals surface area (Å²) in [4.78, 5) is 0. The molecule has 2 rings (SSSR count). The van der Waals surface area contributed by atoms with Crippen molar-refractivity contribution in [3.63, 3.8) is 0 Å². The maximum atomic E-state index is 6.50. The molecule has 1 nitrogen and oxygen atoms in total. The standard InChI is InChI=1S/C52H98O/c1-3-5-7-9-11-13-15-17-19-21-23-25-27-29-31-35-45-51(49-41-37-33-38-42-49)47-53-48-52(50-43-39-34-40-44-50)46-36-32-30-28-26-24-22-20-18-16-14-12-10-8-6-4-2/h47-50H,3-46H2,1-2H3. The zero-order chi connectivity index (χ0) is 37.5. The summed E-state index contributed by atoms with van der Waals surface area (Å²) in [7, 11) is 0. The molecule has 0 aromatic carbocycles. The average molecular weight is 739 g/mol. The summed E-state index contributed by atoms with van der Waals surface area (Å²) < 4.78 is 6.50. The van der Waals surface area contributed by atoms with Crippen molar-refractivity contribution in [1.29, 1.82) is 0 Å². The molecule has 0 bridgehead atoms. The van der Waals surface area contributed by atoms with Gasteiger partial charge in [0.1, 0.15) is 0 Å². The van der Waals surface area contributed by atoms with Crippen LogP contribution in [-0.4, -0.2) is 0 Å². The van der Waals surface area contributed by atoms with E-state index in [0.29, 0.717) is 0 Å². The third-order valence-corrected chi connectivity index (χ3v) is 13.3. The SMILES string of the molecule is CCCCCCCCCCCCCCCCCCC(=COC=C(CCCCCCCCCCCCCCCCCC)C1CCCCC1)C1CCCCC1. The van der Waals surface area contributed by atoms with Crippen LogP contribution in [0.4, 0.5) is 0 Å². The highest BCUT2D eigenvalue weighted by Gasteiger charge is 2.20. The highest BCUT2D eigenvalue weighted by Crippen LogP contribution is 2.35. The Morgan fingerprint density at radius 2 is 0.547 bits per heavy atom. The second-order valence-electron chi connectivity index (χ2n) is 18.3. The third-order valence-electron chi connectivity index (χ3n) is 13.3. The molecule has 312 valence electrons. The summed E-state index contributed by atoms with van der Waals surface area (Å²) in [5.41, 5.74) is 3.30. The Morgan fingerprint density at radius 1 is 0.321 bits per heavy atom. The second kappa shape index (κ2) is 38.2. The Morgan fingerprint density at radius 3 is 0.792 bits per heavy atom. The summed E-state index contributed by atoms with van der Waals surface area (Å²) in [5.74, 6) is 1.57. The van der Waals surface area contributed by atoms with Crippen LogP contribution < -0.4 is 0 Å². The molecule has 0 spiro atoms. The smallest absolute Gasteiger partial charge is 0.0896 e. The van der Waals surface area contributed by atoms with Gasteiger partial charge in [-0.25, -0.2) is 0 Å². The van der Waals surface area contributed by atoms with Gasteiger partial charge in [0.2, 0.25) is 0 Å². The van der Waals surface area contributed by atoms with Crippen molar-refractivity contribution in [2.75, 3.05) is 0 Å². The van der Waals surface area contributed by atoms with Crippen LogP contribution in [0.2, 0.25) is 0 Å². The minimum Gasteiger partial charge on any atom is -0.473 e. The zero-order valence-corrected chi connectivity index (χ0v) is 36.8. The molecule has 0 aromatic heterocycles. The molecular formula is C52H98O. The van der Waals surface area contributed by atoms with E-state index < -0.39 is 0 Å². The fourth-order valence-corrected chi connectivity index (χ4v) is 9.63. The van der Waals surface area contributed by atoms with E-state index >= 15 is 0 Å². The zero-order valence-electron chi connectivity index (χ0n) is 36.8. The lowest BCUT2D eigenvalue weighted by molar-refractivity contribution is 0.333. The molecule has 0 amide bonds. The highest BCUT2D eigenvalue weighted by atomic mass is 16.5. The average Bonchev–Trinajstić information content (AvgIpc) is 3.19. The first-order chi connectivity index (χ1) is 26.3. The number of unbranched alkanes of at least 4 members (excludes halogenated alkanes) is 30. The molecular weight excluding hydrogens is 641 g/mol.